The van der Waals surface area contributed by atoms with Crippen LogP contribution in [0, 0.1) is 23.2 Å². The Morgan fingerprint density at radius 3 is 2.36 bits per heavy atom. The molecular formula is C35H53F6NO2. The monoisotopic (exact) mass is 633 g/mol. The molecule has 8 atom stereocenters. The Kier molecular flexibility index (Phi) is 11.7. The van der Waals surface area contributed by atoms with Crippen LogP contribution in [-0.2, 0) is 6.42 Å². The average molecular weight is 634 g/mol. The van der Waals surface area contributed by atoms with Crippen LogP contribution >= 0.6 is 0 Å². The molecule has 0 aliphatic heterocycles. The number of unbranched alkanes of at least 4 members (excludes halogenated alkanes) is 6. The van der Waals surface area contributed by atoms with Gasteiger partial charge in [0.05, 0.1) is 6.10 Å². The average Bonchev–Trinajstić information content (AvgIpc) is 3.24. The lowest BCUT2D eigenvalue weighted by molar-refractivity contribution is -0.284. The number of aromatic hydroxyl groups is 1. The number of alkyl halides is 6. The van der Waals surface area contributed by atoms with Crippen LogP contribution in [0.15, 0.2) is 18.2 Å². The highest BCUT2D eigenvalue weighted by Crippen LogP contribution is 2.63. The second-order valence-electron chi connectivity index (χ2n) is 14.6. The van der Waals surface area contributed by atoms with Crippen LogP contribution in [-0.4, -0.2) is 59.1 Å². The molecule has 2 N–H and O–H groups in total. The maximum atomic E-state index is 16.0. The van der Waals surface area contributed by atoms with Crippen molar-refractivity contribution in [2.24, 2.45) is 23.2 Å². The third-order valence-corrected chi connectivity index (χ3v) is 11.6. The van der Waals surface area contributed by atoms with Gasteiger partial charge in [0.25, 0.3) is 0 Å². The normalized spacial score (nSPS) is 31.1. The third-order valence-electron chi connectivity index (χ3n) is 11.6. The molecule has 0 spiro atoms. The van der Waals surface area contributed by atoms with E-state index in [1.54, 1.807) is 6.07 Å². The SMILES string of the molecule is CC(CCCCC1Cc2cc(O)ccc2[C@H]2C(F)C[C@]3(C)C(O)CC[C@H]3[C@H]12)N(C)CCCCCCCCC(F)(F)C(F)(F)F. The quantitative estimate of drug-likeness (QED) is 0.149. The Morgan fingerprint density at radius 2 is 1.66 bits per heavy atom. The Bertz CT molecular complexity index is 1070. The predicted octanol–water partition coefficient (Wildman–Crippen LogP) is 9.59. The van der Waals surface area contributed by atoms with E-state index in [2.05, 4.69) is 25.8 Å². The zero-order valence-electron chi connectivity index (χ0n) is 26.7. The molecule has 0 radical (unpaired) electrons. The molecule has 4 unspecified atom stereocenters. The van der Waals surface area contributed by atoms with Gasteiger partial charge in [-0.25, -0.2) is 4.39 Å². The number of nitrogens with zero attached hydrogens (tertiary/aromatic N) is 1. The lowest BCUT2D eigenvalue weighted by Gasteiger charge is -2.54. The van der Waals surface area contributed by atoms with Crippen LogP contribution in [0.3, 0.4) is 0 Å². The first kappa shape index (κ1) is 35.4. The summed E-state index contributed by atoms with van der Waals surface area (Å²) < 4.78 is 78.7. The van der Waals surface area contributed by atoms with Gasteiger partial charge < -0.3 is 15.1 Å². The molecule has 0 saturated heterocycles. The summed E-state index contributed by atoms with van der Waals surface area (Å²) in [6, 6.07) is 5.84. The number of phenolic OH excluding ortho intramolecular Hbond substituents is 1. The van der Waals surface area contributed by atoms with Crippen LogP contribution in [0.5, 0.6) is 5.75 Å². The summed E-state index contributed by atoms with van der Waals surface area (Å²) in [5.41, 5.74) is 1.76. The molecule has 3 aliphatic rings. The van der Waals surface area contributed by atoms with E-state index in [1.807, 2.05) is 12.1 Å². The van der Waals surface area contributed by atoms with Gasteiger partial charge in [-0.1, -0.05) is 51.5 Å². The van der Waals surface area contributed by atoms with Crippen molar-refractivity contribution in [3.8, 4) is 5.75 Å². The minimum absolute atomic E-state index is 0.114. The van der Waals surface area contributed by atoms with Gasteiger partial charge in [0.15, 0.2) is 0 Å². The number of fused-ring (bicyclic) bond motifs is 5. The van der Waals surface area contributed by atoms with Crippen molar-refractivity contribution in [2.75, 3.05) is 13.6 Å². The van der Waals surface area contributed by atoms with E-state index in [0.717, 1.165) is 81.9 Å². The highest BCUT2D eigenvalue weighted by Gasteiger charge is 2.60. The standard InChI is InChI=1S/C35H53F6NO2/c1-23(42(3)19-11-7-5-4-6-10-18-34(37,38)35(39,40)41)12-8-9-13-24-20-25-21-26(43)14-15-27(25)32-29(36)22-33(2)28(31(24)32)16-17-30(33)44/h14-15,21,23-24,28-32,43-44H,4-13,16-20,22H2,1-3H3/t23?,24?,28-,29?,30?,31-,32-,33-/m0/s1. The number of phenols is 1. The molecule has 9 heteroatoms. The van der Waals surface area contributed by atoms with Gasteiger partial charge in [-0.3, -0.25) is 0 Å². The van der Waals surface area contributed by atoms with Gasteiger partial charge in [-0.15, -0.1) is 0 Å². The summed E-state index contributed by atoms with van der Waals surface area (Å²) in [4.78, 5) is 2.33. The van der Waals surface area contributed by atoms with Gasteiger partial charge in [0, 0.05) is 18.4 Å². The second kappa shape index (κ2) is 14.5. The lowest BCUT2D eigenvalue weighted by atomic mass is 9.51. The van der Waals surface area contributed by atoms with Crippen LogP contribution in [0.2, 0.25) is 0 Å². The minimum atomic E-state index is -5.46. The van der Waals surface area contributed by atoms with Gasteiger partial charge in [0.2, 0.25) is 0 Å². The lowest BCUT2D eigenvalue weighted by Crippen LogP contribution is -2.51. The predicted molar refractivity (Wildman–Crippen MR) is 162 cm³/mol. The summed E-state index contributed by atoms with van der Waals surface area (Å²) in [7, 11) is 2.11. The van der Waals surface area contributed by atoms with E-state index >= 15 is 4.39 Å². The van der Waals surface area contributed by atoms with Crippen molar-refractivity contribution in [1.29, 1.82) is 0 Å². The van der Waals surface area contributed by atoms with Crippen molar-refractivity contribution >= 4 is 0 Å². The molecule has 44 heavy (non-hydrogen) atoms. The number of halogens is 6. The highest BCUT2D eigenvalue weighted by molar-refractivity contribution is 5.41. The molecule has 2 saturated carbocycles. The Morgan fingerprint density at radius 1 is 0.977 bits per heavy atom. The first-order valence-corrected chi connectivity index (χ1v) is 16.9. The largest absolute Gasteiger partial charge is 0.508 e. The van der Waals surface area contributed by atoms with Crippen molar-refractivity contribution in [3.05, 3.63) is 29.3 Å². The van der Waals surface area contributed by atoms with Gasteiger partial charge in [-0.2, -0.15) is 22.0 Å². The van der Waals surface area contributed by atoms with Crippen LogP contribution in [0.25, 0.3) is 0 Å². The molecule has 252 valence electrons. The fraction of sp³-hybridized carbons (Fsp3) is 0.829. The van der Waals surface area contributed by atoms with E-state index in [-0.39, 0.29) is 29.4 Å². The number of hydrogen-bond acceptors (Lipinski definition) is 3. The fourth-order valence-electron chi connectivity index (χ4n) is 8.88. The molecule has 0 bridgehead atoms. The third kappa shape index (κ3) is 7.90. The number of aliphatic hydroxyl groups excluding tert-OH is 1. The van der Waals surface area contributed by atoms with E-state index in [0.29, 0.717) is 37.1 Å². The van der Waals surface area contributed by atoms with Crippen molar-refractivity contribution in [1.82, 2.24) is 4.90 Å². The molecular weight excluding hydrogens is 580 g/mol. The fourth-order valence-corrected chi connectivity index (χ4v) is 8.88. The van der Waals surface area contributed by atoms with Crippen LogP contribution in [0.1, 0.15) is 121 Å². The number of aliphatic hydroxyl groups is 1. The van der Waals surface area contributed by atoms with Crippen molar-refractivity contribution < 1.29 is 36.6 Å². The van der Waals surface area contributed by atoms with Crippen LogP contribution in [0.4, 0.5) is 26.3 Å². The molecule has 3 nitrogen and oxygen atoms in total. The molecule has 2 fully saturated rings. The van der Waals surface area contributed by atoms with Gasteiger partial charge in [-0.05, 0) is 118 Å². The summed E-state index contributed by atoms with van der Waals surface area (Å²) in [5, 5.41) is 21.0. The molecule has 0 heterocycles. The molecule has 0 amide bonds. The minimum Gasteiger partial charge on any atom is -0.508 e. The summed E-state index contributed by atoms with van der Waals surface area (Å²) in [5.74, 6) is -3.68. The Labute approximate surface area is 259 Å². The second-order valence-corrected chi connectivity index (χ2v) is 14.6. The zero-order valence-corrected chi connectivity index (χ0v) is 26.7. The maximum Gasteiger partial charge on any atom is 0.453 e. The van der Waals surface area contributed by atoms with E-state index in [1.165, 1.54) is 0 Å². The number of rotatable bonds is 15. The van der Waals surface area contributed by atoms with Crippen molar-refractivity contribution in [2.45, 2.75) is 146 Å². The Balaban J connectivity index is 1.19. The maximum absolute atomic E-state index is 16.0. The van der Waals surface area contributed by atoms with E-state index in [4.69, 9.17) is 0 Å². The summed E-state index contributed by atoms with van der Waals surface area (Å²) >= 11 is 0. The smallest absolute Gasteiger partial charge is 0.453 e. The topological polar surface area (TPSA) is 43.7 Å². The first-order chi connectivity index (χ1) is 20.7. The summed E-state index contributed by atoms with van der Waals surface area (Å²) in [6.45, 7) is 5.23. The van der Waals surface area contributed by atoms with E-state index in [9.17, 15) is 32.2 Å². The molecule has 4 rings (SSSR count). The number of hydrogen-bond donors (Lipinski definition) is 2. The van der Waals surface area contributed by atoms with Gasteiger partial charge >= 0.3 is 12.1 Å². The molecule has 3 aliphatic carbocycles. The Hall–Kier alpha value is -1.48. The zero-order chi connectivity index (χ0) is 32.3. The molecule has 1 aromatic rings. The molecule has 1 aromatic carbocycles. The highest BCUT2D eigenvalue weighted by atomic mass is 19.4. The van der Waals surface area contributed by atoms with Crippen LogP contribution < -0.4 is 0 Å². The first-order valence-electron chi connectivity index (χ1n) is 16.9. The number of benzene rings is 1. The molecule has 0 aromatic heterocycles. The van der Waals surface area contributed by atoms with Gasteiger partial charge in [0.1, 0.15) is 11.9 Å². The summed E-state index contributed by atoms with van der Waals surface area (Å²) in [6.07, 6.45) is 2.77. The van der Waals surface area contributed by atoms with Crippen molar-refractivity contribution in [3.63, 3.8) is 0 Å². The van der Waals surface area contributed by atoms with E-state index < -0.39 is 30.8 Å².